The number of methoxy groups -OCH3 is 2. The smallest absolute Gasteiger partial charge is 0.225 e. The van der Waals surface area contributed by atoms with E-state index < -0.39 is 0 Å². The Bertz CT molecular complexity index is 442. The Labute approximate surface area is 120 Å². The van der Waals surface area contributed by atoms with E-state index in [9.17, 15) is 4.79 Å². The standard InChI is InChI=1S/C15H22N2O3/c1-19-12-7-15(18)17-10-8-16(9-11-17)13-5-3-4-6-14(13)20-2/h3-6H,7-12H2,1-2H3. The third-order valence-corrected chi connectivity index (χ3v) is 3.58. The summed E-state index contributed by atoms with van der Waals surface area (Å²) >= 11 is 0. The molecule has 1 aromatic carbocycles. The highest BCUT2D eigenvalue weighted by Gasteiger charge is 2.22. The molecule has 0 unspecified atom stereocenters. The fraction of sp³-hybridized carbons (Fsp3) is 0.533. The van der Waals surface area contributed by atoms with Crippen molar-refractivity contribution >= 4 is 11.6 Å². The first kappa shape index (κ1) is 14.7. The molecule has 2 rings (SSSR count). The van der Waals surface area contributed by atoms with Crippen molar-refractivity contribution in [1.29, 1.82) is 0 Å². The summed E-state index contributed by atoms with van der Waals surface area (Å²) in [5.41, 5.74) is 1.10. The van der Waals surface area contributed by atoms with Crippen LogP contribution in [0.25, 0.3) is 0 Å². The van der Waals surface area contributed by atoms with E-state index in [2.05, 4.69) is 11.0 Å². The number of rotatable bonds is 5. The molecule has 0 N–H and O–H groups in total. The van der Waals surface area contributed by atoms with E-state index >= 15 is 0 Å². The highest BCUT2D eigenvalue weighted by atomic mass is 16.5. The molecule has 5 nitrogen and oxygen atoms in total. The number of piperazine rings is 1. The van der Waals surface area contributed by atoms with Gasteiger partial charge >= 0.3 is 0 Å². The summed E-state index contributed by atoms with van der Waals surface area (Å²) in [6.07, 6.45) is 0.463. The molecule has 0 spiro atoms. The number of benzene rings is 1. The summed E-state index contributed by atoms with van der Waals surface area (Å²) in [7, 11) is 3.30. The Morgan fingerprint density at radius 1 is 1.15 bits per heavy atom. The van der Waals surface area contributed by atoms with E-state index in [1.54, 1.807) is 14.2 Å². The summed E-state index contributed by atoms with van der Waals surface area (Å²) in [6.45, 7) is 3.66. The second kappa shape index (κ2) is 7.14. The van der Waals surface area contributed by atoms with Crippen LogP contribution in [0.5, 0.6) is 5.75 Å². The first-order valence-corrected chi connectivity index (χ1v) is 6.91. The first-order valence-electron chi connectivity index (χ1n) is 6.91. The average molecular weight is 278 g/mol. The van der Waals surface area contributed by atoms with Gasteiger partial charge in [-0.05, 0) is 12.1 Å². The fourth-order valence-electron chi connectivity index (χ4n) is 2.44. The van der Waals surface area contributed by atoms with E-state index in [0.717, 1.165) is 37.6 Å². The zero-order valence-electron chi connectivity index (χ0n) is 12.2. The molecule has 1 saturated heterocycles. The van der Waals surface area contributed by atoms with Crippen LogP contribution >= 0.6 is 0 Å². The highest BCUT2D eigenvalue weighted by Crippen LogP contribution is 2.28. The third-order valence-electron chi connectivity index (χ3n) is 3.58. The van der Waals surface area contributed by atoms with Crippen molar-refractivity contribution in [2.75, 3.05) is 51.9 Å². The van der Waals surface area contributed by atoms with Crippen molar-refractivity contribution in [1.82, 2.24) is 4.90 Å². The van der Waals surface area contributed by atoms with Gasteiger partial charge in [-0.3, -0.25) is 4.79 Å². The minimum atomic E-state index is 0.173. The molecule has 0 radical (unpaired) electrons. The van der Waals surface area contributed by atoms with E-state index in [4.69, 9.17) is 9.47 Å². The lowest BCUT2D eigenvalue weighted by Gasteiger charge is -2.36. The van der Waals surface area contributed by atoms with Crippen LogP contribution in [0, 0.1) is 0 Å². The van der Waals surface area contributed by atoms with Crippen molar-refractivity contribution < 1.29 is 14.3 Å². The number of ether oxygens (including phenoxy) is 2. The van der Waals surface area contributed by atoms with E-state index in [1.165, 1.54) is 0 Å². The molecule has 110 valence electrons. The maximum atomic E-state index is 11.9. The van der Waals surface area contributed by atoms with Crippen LogP contribution < -0.4 is 9.64 Å². The molecule has 20 heavy (non-hydrogen) atoms. The average Bonchev–Trinajstić information content (AvgIpc) is 2.52. The number of para-hydroxylation sites is 2. The Hall–Kier alpha value is -1.75. The van der Waals surface area contributed by atoms with Gasteiger partial charge in [0.25, 0.3) is 0 Å². The Kier molecular flexibility index (Phi) is 5.24. The van der Waals surface area contributed by atoms with Crippen LogP contribution in [0.2, 0.25) is 0 Å². The second-order valence-electron chi connectivity index (χ2n) is 4.78. The maximum absolute atomic E-state index is 11.9. The van der Waals surface area contributed by atoms with Crippen molar-refractivity contribution in [2.45, 2.75) is 6.42 Å². The fourth-order valence-corrected chi connectivity index (χ4v) is 2.44. The largest absolute Gasteiger partial charge is 0.495 e. The normalized spacial score (nSPS) is 15.3. The zero-order valence-corrected chi connectivity index (χ0v) is 12.2. The number of hydrogen-bond donors (Lipinski definition) is 0. The number of anilines is 1. The van der Waals surface area contributed by atoms with Gasteiger partial charge in [-0.15, -0.1) is 0 Å². The molecule has 0 bridgehead atoms. The van der Waals surface area contributed by atoms with Crippen LogP contribution in [0.3, 0.4) is 0 Å². The van der Waals surface area contributed by atoms with Crippen LogP contribution in [0.1, 0.15) is 6.42 Å². The summed E-state index contributed by atoms with van der Waals surface area (Å²) < 4.78 is 10.3. The van der Waals surface area contributed by atoms with Crippen molar-refractivity contribution in [3.05, 3.63) is 24.3 Å². The lowest BCUT2D eigenvalue weighted by Crippen LogP contribution is -2.49. The van der Waals surface area contributed by atoms with Crippen LogP contribution in [0.15, 0.2) is 24.3 Å². The predicted molar refractivity (Wildman–Crippen MR) is 78.3 cm³/mol. The Balaban J connectivity index is 1.92. The molecule has 1 aromatic rings. The summed E-state index contributed by atoms with van der Waals surface area (Å²) in [5.74, 6) is 1.05. The molecule has 0 saturated carbocycles. The minimum absolute atomic E-state index is 0.173. The summed E-state index contributed by atoms with van der Waals surface area (Å²) in [5, 5.41) is 0. The number of amides is 1. The van der Waals surface area contributed by atoms with Gasteiger partial charge in [0.1, 0.15) is 5.75 Å². The van der Waals surface area contributed by atoms with Crippen LogP contribution in [0.4, 0.5) is 5.69 Å². The molecule has 5 heteroatoms. The molecule has 1 aliphatic heterocycles. The lowest BCUT2D eigenvalue weighted by atomic mass is 10.2. The van der Waals surface area contributed by atoms with Gasteiger partial charge in [-0.2, -0.15) is 0 Å². The number of carbonyl (C=O) groups is 1. The SMILES string of the molecule is COCCC(=O)N1CCN(c2ccccc2OC)CC1. The van der Waals surface area contributed by atoms with Gasteiger partial charge in [0.2, 0.25) is 5.91 Å². The van der Waals surface area contributed by atoms with E-state index in [0.29, 0.717) is 13.0 Å². The van der Waals surface area contributed by atoms with Gasteiger partial charge < -0.3 is 19.3 Å². The van der Waals surface area contributed by atoms with Gasteiger partial charge in [-0.1, -0.05) is 12.1 Å². The minimum Gasteiger partial charge on any atom is -0.495 e. The predicted octanol–water partition coefficient (Wildman–Crippen LogP) is 1.38. The third kappa shape index (κ3) is 3.42. The molecule has 1 amide bonds. The topological polar surface area (TPSA) is 42.0 Å². The monoisotopic (exact) mass is 278 g/mol. The van der Waals surface area contributed by atoms with Crippen molar-refractivity contribution in [3.8, 4) is 5.75 Å². The van der Waals surface area contributed by atoms with Crippen molar-refractivity contribution in [3.63, 3.8) is 0 Å². The molecule has 1 heterocycles. The van der Waals surface area contributed by atoms with Crippen molar-refractivity contribution in [2.24, 2.45) is 0 Å². The van der Waals surface area contributed by atoms with Crippen LogP contribution in [-0.4, -0.2) is 57.8 Å². The van der Waals surface area contributed by atoms with Crippen LogP contribution in [-0.2, 0) is 9.53 Å². The summed E-state index contributed by atoms with van der Waals surface area (Å²) in [6, 6.07) is 7.99. The van der Waals surface area contributed by atoms with Gasteiger partial charge in [0.05, 0.1) is 25.8 Å². The molecule has 0 aromatic heterocycles. The maximum Gasteiger partial charge on any atom is 0.225 e. The molecule has 1 aliphatic rings. The van der Waals surface area contributed by atoms with Gasteiger partial charge in [-0.25, -0.2) is 0 Å². The summed E-state index contributed by atoms with van der Waals surface area (Å²) in [4.78, 5) is 16.1. The molecule has 1 fully saturated rings. The molecule has 0 aliphatic carbocycles. The molecule has 0 atom stereocenters. The van der Waals surface area contributed by atoms with E-state index in [1.807, 2.05) is 23.1 Å². The Morgan fingerprint density at radius 2 is 1.85 bits per heavy atom. The quantitative estimate of drug-likeness (QED) is 0.816. The molecular weight excluding hydrogens is 256 g/mol. The number of hydrogen-bond acceptors (Lipinski definition) is 4. The lowest BCUT2D eigenvalue weighted by molar-refractivity contribution is -0.132. The highest BCUT2D eigenvalue weighted by molar-refractivity contribution is 5.76. The second-order valence-corrected chi connectivity index (χ2v) is 4.78. The number of carbonyl (C=O) groups excluding carboxylic acids is 1. The van der Waals surface area contributed by atoms with Gasteiger partial charge in [0.15, 0.2) is 0 Å². The first-order chi connectivity index (χ1) is 9.76. The zero-order chi connectivity index (χ0) is 14.4. The number of nitrogens with zero attached hydrogens (tertiary/aromatic N) is 2. The Morgan fingerprint density at radius 3 is 2.50 bits per heavy atom. The van der Waals surface area contributed by atoms with Gasteiger partial charge in [0, 0.05) is 33.3 Å². The molecular formula is C15H22N2O3. The van der Waals surface area contributed by atoms with E-state index in [-0.39, 0.29) is 5.91 Å².